The van der Waals surface area contributed by atoms with Crippen molar-refractivity contribution in [2.75, 3.05) is 13.7 Å². The van der Waals surface area contributed by atoms with Crippen LogP contribution in [0.4, 0.5) is 0 Å². The molecule has 0 atom stereocenters. The third kappa shape index (κ3) is 5.07. The van der Waals surface area contributed by atoms with E-state index in [-0.39, 0.29) is 5.91 Å². The molecule has 2 rings (SSSR count). The standard InChI is InChI=1S/C16H16BrNO4S/c1-10-13(16(20)21-2)9-11(22-10)3-6-15(19)18-8-7-12-4-5-14(17)23-12/h3-6,9H,7-8H2,1-2H3,(H,18,19)/b6-3+. The van der Waals surface area contributed by atoms with Crippen LogP contribution in [0.1, 0.15) is 26.8 Å². The molecule has 0 saturated heterocycles. The normalized spacial score (nSPS) is 10.9. The largest absolute Gasteiger partial charge is 0.465 e. The maximum Gasteiger partial charge on any atom is 0.341 e. The molecule has 0 aliphatic rings. The summed E-state index contributed by atoms with van der Waals surface area (Å²) in [5, 5.41) is 2.80. The van der Waals surface area contributed by atoms with Crippen molar-refractivity contribution in [1.82, 2.24) is 5.32 Å². The van der Waals surface area contributed by atoms with Crippen LogP contribution in [-0.2, 0) is 16.0 Å². The van der Waals surface area contributed by atoms with Gasteiger partial charge in [0.05, 0.1) is 10.9 Å². The summed E-state index contributed by atoms with van der Waals surface area (Å²) in [5.74, 6) is 0.215. The Morgan fingerprint density at radius 2 is 2.22 bits per heavy atom. The molecule has 0 radical (unpaired) electrons. The van der Waals surface area contributed by atoms with Crippen molar-refractivity contribution in [3.05, 3.63) is 50.0 Å². The van der Waals surface area contributed by atoms with Crippen LogP contribution in [0.2, 0.25) is 0 Å². The van der Waals surface area contributed by atoms with Gasteiger partial charge >= 0.3 is 5.97 Å². The lowest BCUT2D eigenvalue weighted by Gasteiger charge is -1.99. The van der Waals surface area contributed by atoms with Crippen LogP contribution < -0.4 is 5.32 Å². The minimum absolute atomic E-state index is 0.214. The van der Waals surface area contributed by atoms with Gasteiger partial charge in [-0.25, -0.2) is 4.79 Å². The lowest BCUT2D eigenvalue weighted by Crippen LogP contribution is -2.23. The molecule has 0 aliphatic heterocycles. The number of methoxy groups -OCH3 is 1. The first-order valence-corrected chi connectivity index (χ1v) is 8.49. The molecule has 0 fully saturated rings. The van der Waals surface area contributed by atoms with Crippen molar-refractivity contribution in [3.63, 3.8) is 0 Å². The van der Waals surface area contributed by atoms with Gasteiger partial charge in [0.1, 0.15) is 17.1 Å². The number of hydrogen-bond acceptors (Lipinski definition) is 5. The van der Waals surface area contributed by atoms with Crippen LogP contribution in [-0.4, -0.2) is 25.5 Å². The summed E-state index contributed by atoms with van der Waals surface area (Å²) in [6.07, 6.45) is 3.68. The van der Waals surface area contributed by atoms with E-state index in [1.807, 2.05) is 12.1 Å². The molecular formula is C16H16BrNO4S. The summed E-state index contributed by atoms with van der Waals surface area (Å²) in [4.78, 5) is 24.4. The molecular weight excluding hydrogens is 382 g/mol. The summed E-state index contributed by atoms with van der Waals surface area (Å²) in [7, 11) is 1.31. The Kier molecular flexibility index (Phi) is 6.18. The molecule has 1 amide bonds. The van der Waals surface area contributed by atoms with E-state index in [9.17, 15) is 9.59 Å². The minimum Gasteiger partial charge on any atom is -0.465 e. The van der Waals surface area contributed by atoms with E-state index in [0.29, 0.717) is 23.6 Å². The first kappa shape index (κ1) is 17.5. The summed E-state index contributed by atoms with van der Waals surface area (Å²) in [5.41, 5.74) is 0.357. The SMILES string of the molecule is COC(=O)c1cc(/C=C/C(=O)NCCc2ccc(Br)s2)oc1C. The summed E-state index contributed by atoms with van der Waals surface area (Å²) in [6, 6.07) is 5.56. The fraction of sp³-hybridized carbons (Fsp3) is 0.250. The van der Waals surface area contributed by atoms with Crippen molar-refractivity contribution in [3.8, 4) is 0 Å². The van der Waals surface area contributed by atoms with Crippen LogP contribution in [0.15, 0.2) is 32.5 Å². The van der Waals surface area contributed by atoms with E-state index in [0.717, 1.165) is 10.2 Å². The smallest absolute Gasteiger partial charge is 0.341 e. The number of nitrogens with one attached hydrogen (secondary N) is 1. The molecule has 2 aromatic heterocycles. The fourth-order valence-electron chi connectivity index (χ4n) is 1.91. The highest BCUT2D eigenvalue weighted by molar-refractivity contribution is 9.11. The minimum atomic E-state index is -0.461. The number of hydrogen-bond donors (Lipinski definition) is 1. The average Bonchev–Trinajstić information content (AvgIpc) is 3.10. The second-order valence-corrected chi connectivity index (χ2v) is 7.24. The van der Waals surface area contributed by atoms with Crippen molar-refractivity contribution in [2.24, 2.45) is 0 Å². The Labute approximate surface area is 146 Å². The van der Waals surface area contributed by atoms with Gasteiger partial charge in [0, 0.05) is 17.5 Å². The molecule has 0 aromatic carbocycles. The molecule has 2 heterocycles. The Balaban J connectivity index is 1.85. The Morgan fingerprint density at radius 3 is 2.87 bits per heavy atom. The van der Waals surface area contributed by atoms with Crippen molar-refractivity contribution < 1.29 is 18.7 Å². The van der Waals surface area contributed by atoms with Crippen LogP contribution in [0.3, 0.4) is 0 Å². The number of halogens is 1. The number of amides is 1. The van der Waals surface area contributed by atoms with Gasteiger partial charge in [-0.05, 0) is 53.5 Å². The topological polar surface area (TPSA) is 68.5 Å². The molecule has 1 N–H and O–H groups in total. The number of aryl methyl sites for hydroxylation is 1. The van der Waals surface area contributed by atoms with Crippen LogP contribution in [0.5, 0.6) is 0 Å². The summed E-state index contributed by atoms with van der Waals surface area (Å²) in [6.45, 7) is 2.23. The zero-order valence-corrected chi connectivity index (χ0v) is 15.1. The van der Waals surface area contributed by atoms with Gasteiger partial charge in [-0.1, -0.05) is 0 Å². The van der Waals surface area contributed by atoms with Crippen molar-refractivity contribution in [1.29, 1.82) is 0 Å². The molecule has 0 spiro atoms. The number of ether oxygens (including phenoxy) is 1. The number of carbonyl (C=O) groups is 2. The highest BCUT2D eigenvalue weighted by atomic mass is 79.9. The molecule has 7 heteroatoms. The average molecular weight is 398 g/mol. The number of thiophene rings is 1. The Morgan fingerprint density at radius 1 is 1.43 bits per heavy atom. The van der Waals surface area contributed by atoms with E-state index in [4.69, 9.17) is 4.42 Å². The maximum absolute atomic E-state index is 11.8. The quantitative estimate of drug-likeness (QED) is 0.597. The third-order valence-electron chi connectivity index (χ3n) is 3.04. The zero-order chi connectivity index (χ0) is 16.8. The van der Waals surface area contributed by atoms with Crippen LogP contribution >= 0.6 is 27.3 Å². The maximum atomic E-state index is 11.8. The number of furan rings is 1. The van der Waals surface area contributed by atoms with Crippen molar-refractivity contribution in [2.45, 2.75) is 13.3 Å². The van der Waals surface area contributed by atoms with Gasteiger partial charge in [-0.3, -0.25) is 4.79 Å². The van der Waals surface area contributed by atoms with E-state index in [2.05, 4.69) is 26.0 Å². The second kappa shape index (κ2) is 8.12. The fourth-order valence-corrected chi connectivity index (χ4v) is 3.39. The first-order chi connectivity index (χ1) is 11.0. The predicted molar refractivity (Wildman–Crippen MR) is 92.6 cm³/mol. The van der Waals surface area contributed by atoms with Gasteiger partial charge in [-0.15, -0.1) is 11.3 Å². The molecule has 0 saturated carbocycles. The predicted octanol–water partition coefficient (Wildman–Crippen LogP) is 3.57. The van der Waals surface area contributed by atoms with E-state index in [1.165, 1.54) is 24.1 Å². The number of rotatable bonds is 6. The molecule has 5 nitrogen and oxygen atoms in total. The second-order valence-electron chi connectivity index (χ2n) is 4.69. The third-order valence-corrected chi connectivity index (χ3v) is 4.72. The van der Waals surface area contributed by atoms with Gasteiger partial charge in [-0.2, -0.15) is 0 Å². The highest BCUT2D eigenvalue weighted by Gasteiger charge is 2.14. The Bertz CT molecular complexity index is 732. The van der Waals surface area contributed by atoms with E-state index < -0.39 is 5.97 Å². The lowest BCUT2D eigenvalue weighted by atomic mass is 10.2. The lowest BCUT2D eigenvalue weighted by molar-refractivity contribution is -0.116. The molecule has 0 unspecified atom stereocenters. The zero-order valence-electron chi connectivity index (χ0n) is 12.7. The molecule has 122 valence electrons. The number of esters is 1. The number of carbonyl (C=O) groups excluding carboxylic acids is 2. The van der Waals surface area contributed by atoms with E-state index in [1.54, 1.807) is 24.3 Å². The molecule has 23 heavy (non-hydrogen) atoms. The van der Waals surface area contributed by atoms with Gasteiger partial charge < -0.3 is 14.5 Å². The highest BCUT2D eigenvalue weighted by Crippen LogP contribution is 2.22. The van der Waals surface area contributed by atoms with Crippen molar-refractivity contribution >= 4 is 45.2 Å². The van der Waals surface area contributed by atoms with Crippen LogP contribution in [0.25, 0.3) is 6.08 Å². The summed E-state index contributed by atoms with van der Waals surface area (Å²) >= 11 is 5.05. The first-order valence-electron chi connectivity index (χ1n) is 6.88. The molecule has 2 aromatic rings. The van der Waals surface area contributed by atoms with Gasteiger partial charge in [0.15, 0.2) is 0 Å². The monoisotopic (exact) mass is 397 g/mol. The van der Waals surface area contributed by atoms with Crippen LogP contribution in [0, 0.1) is 6.92 Å². The van der Waals surface area contributed by atoms with Gasteiger partial charge in [0.25, 0.3) is 0 Å². The molecule has 0 bridgehead atoms. The van der Waals surface area contributed by atoms with E-state index >= 15 is 0 Å². The summed E-state index contributed by atoms with van der Waals surface area (Å²) < 4.78 is 11.1. The molecule has 0 aliphatic carbocycles. The Hall–Kier alpha value is -1.86. The van der Waals surface area contributed by atoms with Gasteiger partial charge in [0.2, 0.25) is 5.91 Å².